The van der Waals surface area contributed by atoms with Crippen LogP contribution in [0.15, 0.2) is 43.7 Å². The summed E-state index contributed by atoms with van der Waals surface area (Å²) in [6, 6.07) is 5.39. The number of nitrogens with zero attached hydrogens (tertiary/aromatic N) is 2. The molecule has 0 radical (unpaired) electrons. The van der Waals surface area contributed by atoms with Gasteiger partial charge in [0.25, 0.3) is 11.8 Å². The van der Waals surface area contributed by atoms with Crippen molar-refractivity contribution in [2.45, 2.75) is 11.4 Å². The number of nitrogens with one attached hydrogen (secondary N) is 1. The molecular formula is C13H11N3O3S2. The highest BCUT2D eigenvalue weighted by atomic mass is 32.2. The minimum Gasteiger partial charge on any atom is -0.459 e. The molecule has 3 heterocycles. The molecular weight excluding hydrogens is 310 g/mol. The molecule has 6 nitrogen and oxygen atoms in total. The third kappa shape index (κ3) is 3.01. The third-order valence-electron chi connectivity index (χ3n) is 2.66. The molecule has 0 bridgehead atoms. The van der Waals surface area contributed by atoms with Crippen LogP contribution in [0, 0.1) is 0 Å². The number of amides is 1. The molecule has 0 saturated carbocycles. The normalized spacial score (nSPS) is 10.7. The quantitative estimate of drug-likeness (QED) is 0.727. The highest BCUT2D eigenvalue weighted by Gasteiger charge is 2.15. The minimum atomic E-state index is -0.140. The van der Waals surface area contributed by atoms with E-state index in [0.717, 1.165) is 4.90 Å². The molecule has 3 rings (SSSR count). The van der Waals surface area contributed by atoms with E-state index in [1.165, 1.54) is 17.6 Å². The summed E-state index contributed by atoms with van der Waals surface area (Å²) in [5.74, 6) is 1.06. The molecule has 21 heavy (non-hydrogen) atoms. The lowest BCUT2D eigenvalue weighted by atomic mass is 10.4. The summed E-state index contributed by atoms with van der Waals surface area (Å²) in [7, 11) is 0. The Kier molecular flexibility index (Phi) is 4.07. The zero-order chi connectivity index (χ0) is 14.7. The maximum absolute atomic E-state index is 12.1. The van der Waals surface area contributed by atoms with E-state index in [0.29, 0.717) is 22.4 Å². The van der Waals surface area contributed by atoms with Crippen LogP contribution in [0.25, 0.3) is 11.7 Å². The molecule has 0 aliphatic rings. The Bertz CT molecular complexity index is 734. The maximum Gasteiger partial charge on any atom is 0.293 e. The second-order valence-electron chi connectivity index (χ2n) is 3.99. The van der Waals surface area contributed by atoms with Gasteiger partial charge in [0, 0.05) is 4.90 Å². The van der Waals surface area contributed by atoms with Crippen LogP contribution in [-0.2, 0) is 6.54 Å². The molecule has 0 saturated heterocycles. The second kappa shape index (κ2) is 6.15. The van der Waals surface area contributed by atoms with Crippen LogP contribution < -0.4 is 5.32 Å². The van der Waals surface area contributed by atoms with Gasteiger partial charge in [-0.1, -0.05) is 5.16 Å². The Morgan fingerprint density at radius 1 is 1.48 bits per heavy atom. The zero-order valence-electron chi connectivity index (χ0n) is 11.0. The van der Waals surface area contributed by atoms with E-state index >= 15 is 0 Å². The summed E-state index contributed by atoms with van der Waals surface area (Å²) >= 11 is 2.95. The van der Waals surface area contributed by atoms with Gasteiger partial charge < -0.3 is 14.3 Å². The van der Waals surface area contributed by atoms with Gasteiger partial charge in [0.2, 0.25) is 0 Å². The molecule has 3 aromatic heterocycles. The van der Waals surface area contributed by atoms with Crippen LogP contribution >= 0.6 is 23.1 Å². The van der Waals surface area contributed by atoms with Crippen LogP contribution in [0.2, 0.25) is 0 Å². The van der Waals surface area contributed by atoms with Crippen molar-refractivity contribution in [3.8, 4) is 11.7 Å². The van der Waals surface area contributed by atoms with E-state index in [1.807, 2.05) is 17.7 Å². The number of rotatable bonds is 5. The topological polar surface area (TPSA) is 81.2 Å². The minimum absolute atomic E-state index is 0.140. The highest BCUT2D eigenvalue weighted by molar-refractivity contribution is 7.98. The van der Waals surface area contributed by atoms with E-state index in [2.05, 4.69) is 15.5 Å². The van der Waals surface area contributed by atoms with Gasteiger partial charge in [0.1, 0.15) is 4.88 Å². The van der Waals surface area contributed by atoms with Crippen LogP contribution in [0.3, 0.4) is 0 Å². The molecule has 0 aliphatic carbocycles. The van der Waals surface area contributed by atoms with Crippen LogP contribution in [0.4, 0.5) is 0 Å². The predicted octanol–water partition coefficient (Wildman–Crippen LogP) is 3.04. The molecule has 0 aliphatic heterocycles. The smallest absolute Gasteiger partial charge is 0.293 e. The lowest BCUT2D eigenvalue weighted by molar-refractivity contribution is 0.0951. The number of thiophene rings is 1. The first-order chi connectivity index (χ1) is 10.3. The molecule has 1 amide bonds. The van der Waals surface area contributed by atoms with E-state index in [1.54, 1.807) is 23.9 Å². The molecule has 1 N–H and O–H groups in total. The van der Waals surface area contributed by atoms with Crippen LogP contribution in [0.1, 0.15) is 15.5 Å². The van der Waals surface area contributed by atoms with Gasteiger partial charge in [-0.2, -0.15) is 4.98 Å². The van der Waals surface area contributed by atoms with Crippen molar-refractivity contribution in [1.82, 2.24) is 15.5 Å². The van der Waals surface area contributed by atoms with Gasteiger partial charge in [0.05, 0.1) is 12.8 Å². The van der Waals surface area contributed by atoms with E-state index in [-0.39, 0.29) is 12.5 Å². The number of hydrogen-bond donors (Lipinski definition) is 1. The summed E-state index contributed by atoms with van der Waals surface area (Å²) in [6.45, 7) is 0.203. The summed E-state index contributed by atoms with van der Waals surface area (Å²) in [4.78, 5) is 17.9. The van der Waals surface area contributed by atoms with Gasteiger partial charge >= 0.3 is 0 Å². The van der Waals surface area contributed by atoms with Gasteiger partial charge in [0.15, 0.2) is 11.6 Å². The molecule has 0 atom stereocenters. The molecule has 0 spiro atoms. The monoisotopic (exact) mass is 321 g/mol. The van der Waals surface area contributed by atoms with Gasteiger partial charge in [-0.25, -0.2) is 0 Å². The Labute approximate surface area is 128 Å². The van der Waals surface area contributed by atoms with Crippen molar-refractivity contribution in [3.63, 3.8) is 0 Å². The molecule has 3 aromatic rings. The Morgan fingerprint density at radius 2 is 2.38 bits per heavy atom. The lowest BCUT2D eigenvalue weighted by Crippen LogP contribution is -2.22. The molecule has 0 unspecified atom stereocenters. The first-order valence-electron chi connectivity index (χ1n) is 6.04. The van der Waals surface area contributed by atoms with Gasteiger partial charge in [-0.05, 0) is 29.8 Å². The Hall–Kier alpha value is -2.06. The van der Waals surface area contributed by atoms with Crippen molar-refractivity contribution >= 4 is 29.0 Å². The average molecular weight is 321 g/mol. The number of carbonyl (C=O) groups is 1. The van der Waals surface area contributed by atoms with Crippen molar-refractivity contribution in [3.05, 3.63) is 40.5 Å². The Balaban J connectivity index is 1.64. The van der Waals surface area contributed by atoms with Crippen molar-refractivity contribution in [2.24, 2.45) is 0 Å². The standard InChI is InChI=1S/C13H11N3O3S2/c1-20-9-4-6-21-11(9)12(17)14-7-10-15-13(19-16-10)8-3-2-5-18-8/h2-6H,7H2,1H3,(H,14,17). The maximum atomic E-state index is 12.1. The van der Waals surface area contributed by atoms with Crippen molar-refractivity contribution in [2.75, 3.05) is 6.26 Å². The molecule has 8 heteroatoms. The molecule has 0 aromatic carbocycles. The Morgan fingerprint density at radius 3 is 3.14 bits per heavy atom. The summed E-state index contributed by atoms with van der Waals surface area (Å²) in [5.41, 5.74) is 0. The summed E-state index contributed by atoms with van der Waals surface area (Å²) in [5, 5.41) is 8.48. The average Bonchev–Trinajstić information content (AvgIpc) is 3.24. The fraction of sp³-hybridized carbons (Fsp3) is 0.154. The van der Waals surface area contributed by atoms with Gasteiger partial charge in [-0.3, -0.25) is 4.79 Å². The number of thioether (sulfide) groups is 1. The number of furan rings is 1. The number of hydrogen-bond acceptors (Lipinski definition) is 7. The first-order valence-corrected chi connectivity index (χ1v) is 8.14. The lowest BCUT2D eigenvalue weighted by Gasteiger charge is -2.01. The van der Waals surface area contributed by atoms with E-state index in [4.69, 9.17) is 8.94 Å². The third-order valence-corrected chi connectivity index (χ3v) is 4.48. The van der Waals surface area contributed by atoms with Crippen LogP contribution in [-0.4, -0.2) is 22.3 Å². The van der Waals surface area contributed by atoms with Crippen molar-refractivity contribution in [1.29, 1.82) is 0 Å². The largest absolute Gasteiger partial charge is 0.459 e. The highest BCUT2D eigenvalue weighted by Crippen LogP contribution is 2.25. The fourth-order valence-corrected chi connectivity index (χ4v) is 3.36. The first kappa shape index (κ1) is 13.9. The summed E-state index contributed by atoms with van der Waals surface area (Å²) in [6.07, 6.45) is 3.47. The van der Waals surface area contributed by atoms with Crippen molar-refractivity contribution < 1.29 is 13.7 Å². The number of carbonyl (C=O) groups excluding carboxylic acids is 1. The van der Waals surface area contributed by atoms with E-state index in [9.17, 15) is 4.79 Å². The van der Waals surface area contributed by atoms with Gasteiger partial charge in [-0.15, -0.1) is 23.1 Å². The van der Waals surface area contributed by atoms with E-state index < -0.39 is 0 Å². The van der Waals surface area contributed by atoms with Crippen LogP contribution in [0.5, 0.6) is 0 Å². The molecule has 108 valence electrons. The second-order valence-corrected chi connectivity index (χ2v) is 5.76. The summed E-state index contributed by atoms with van der Waals surface area (Å²) < 4.78 is 10.2. The molecule has 0 fully saturated rings. The fourth-order valence-electron chi connectivity index (χ4n) is 1.69. The number of aromatic nitrogens is 2. The zero-order valence-corrected chi connectivity index (χ0v) is 12.7. The SMILES string of the molecule is CSc1ccsc1C(=O)NCc1noc(-c2ccco2)n1. The predicted molar refractivity (Wildman–Crippen MR) is 79.3 cm³/mol.